The van der Waals surface area contributed by atoms with Gasteiger partial charge in [-0.15, -0.1) is 6.42 Å². The number of hydrogen-bond donors (Lipinski definition) is 1. The minimum atomic E-state index is 0.170. The van der Waals surface area contributed by atoms with Crippen LogP contribution in [0, 0.1) is 12.3 Å². The lowest BCUT2D eigenvalue weighted by Gasteiger charge is -2.52. The van der Waals surface area contributed by atoms with Crippen LogP contribution in [-0.2, 0) is 0 Å². The molecule has 1 aromatic carbocycles. The average molecular weight is 268 g/mol. The fraction of sp³-hybridized carbons (Fsp3) is 0.556. The van der Waals surface area contributed by atoms with Gasteiger partial charge in [-0.2, -0.15) is 0 Å². The smallest absolute Gasteiger partial charge is 0.0444 e. The summed E-state index contributed by atoms with van der Waals surface area (Å²) in [6, 6.07) is 9.74. The van der Waals surface area contributed by atoms with Gasteiger partial charge in [0.05, 0.1) is 0 Å². The molecule has 1 N–H and O–H groups in total. The molecular formula is C18H24N2. The summed E-state index contributed by atoms with van der Waals surface area (Å²) < 4.78 is 0. The minimum Gasteiger partial charge on any atom is -0.365 e. The molecule has 3 rings (SSSR count). The van der Waals surface area contributed by atoms with Crippen LogP contribution in [0.2, 0.25) is 0 Å². The summed E-state index contributed by atoms with van der Waals surface area (Å²) in [4.78, 5) is 2.60. The molecule has 2 atom stereocenters. The lowest BCUT2D eigenvalue weighted by Crippen LogP contribution is -2.67. The number of terminal acetylenes is 1. The molecule has 1 aromatic rings. The van der Waals surface area contributed by atoms with E-state index in [0.29, 0.717) is 12.1 Å². The van der Waals surface area contributed by atoms with E-state index in [-0.39, 0.29) is 5.54 Å². The second-order valence-corrected chi connectivity index (χ2v) is 6.81. The van der Waals surface area contributed by atoms with Crippen LogP contribution < -0.4 is 10.2 Å². The standard InChI is InChI=1S/C18H24N2/c1-4-14-9-11-15(12-10-14)20-13-18(2,3)19-16-7-5-6-8-17(16)20/h1,9-12,16-17,19H,5-8,13H2,2-3H3/t16-,17-/m1/s1. The molecule has 1 saturated carbocycles. The van der Waals surface area contributed by atoms with Crippen molar-refractivity contribution in [1.29, 1.82) is 0 Å². The predicted octanol–water partition coefficient (Wildman–Crippen LogP) is 3.17. The molecule has 20 heavy (non-hydrogen) atoms. The van der Waals surface area contributed by atoms with Crippen LogP contribution in [0.3, 0.4) is 0 Å². The molecule has 2 heteroatoms. The number of rotatable bonds is 1. The molecule has 0 unspecified atom stereocenters. The van der Waals surface area contributed by atoms with Crippen molar-refractivity contribution in [3.8, 4) is 12.3 Å². The van der Waals surface area contributed by atoms with E-state index in [1.54, 1.807) is 0 Å². The van der Waals surface area contributed by atoms with Crippen molar-refractivity contribution in [1.82, 2.24) is 5.32 Å². The van der Waals surface area contributed by atoms with E-state index in [1.807, 2.05) is 0 Å². The Labute approximate surface area is 122 Å². The van der Waals surface area contributed by atoms with E-state index >= 15 is 0 Å². The quantitative estimate of drug-likeness (QED) is 0.787. The first-order chi connectivity index (χ1) is 9.59. The van der Waals surface area contributed by atoms with Gasteiger partial charge in [0.2, 0.25) is 0 Å². The second kappa shape index (κ2) is 5.14. The molecule has 0 amide bonds. The Morgan fingerprint density at radius 2 is 1.90 bits per heavy atom. The zero-order valence-electron chi connectivity index (χ0n) is 12.5. The fourth-order valence-corrected chi connectivity index (χ4v) is 3.78. The van der Waals surface area contributed by atoms with Gasteiger partial charge in [0, 0.05) is 35.4 Å². The van der Waals surface area contributed by atoms with Crippen molar-refractivity contribution in [2.24, 2.45) is 0 Å². The van der Waals surface area contributed by atoms with Gasteiger partial charge in [0.1, 0.15) is 0 Å². The number of fused-ring (bicyclic) bond motifs is 1. The van der Waals surface area contributed by atoms with E-state index in [0.717, 1.165) is 12.1 Å². The van der Waals surface area contributed by atoms with Gasteiger partial charge in [0.25, 0.3) is 0 Å². The fourth-order valence-electron chi connectivity index (χ4n) is 3.78. The zero-order chi connectivity index (χ0) is 14.2. The molecule has 0 spiro atoms. The normalized spacial score (nSPS) is 28.6. The molecule has 2 nitrogen and oxygen atoms in total. The van der Waals surface area contributed by atoms with Crippen molar-refractivity contribution in [2.75, 3.05) is 11.4 Å². The summed E-state index contributed by atoms with van der Waals surface area (Å²) in [6.07, 6.45) is 10.8. The van der Waals surface area contributed by atoms with E-state index in [4.69, 9.17) is 6.42 Å². The average Bonchev–Trinajstić information content (AvgIpc) is 2.45. The van der Waals surface area contributed by atoms with Gasteiger partial charge in [-0.3, -0.25) is 0 Å². The second-order valence-electron chi connectivity index (χ2n) is 6.81. The van der Waals surface area contributed by atoms with E-state index in [1.165, 1.54) is 31.4 Å². The first-order valence-corrected chi connectivity index (χ1v) is 7.70. The topological polar surface area (TPSA) is 15.3 Å². The molecule has 0 radical (unpaired) electrons. The summed E-state index contributed by atoms with van der Waals surface area (Å²) in [5.41, 5.74) is 2.45. The molecule has 2 fully saturated rings. The van der Waals surface area contributed by atoms with Crippen LogP contribution in [0.25, 0.3) is 0 Å². The van der Waals surface area contributed by atoms with E-state index in [2.05, 4.69) is 54.3 Å². The predicted molar refractivity (Wildman–Crippen MR) is 85.0 cm³/mol. The van der Waals surface area contributed by atoms with Gasteiger partial charge in [-0.1, -0.05) is 18.8 Å². The summed E-state index contributed by atoms with van der Waals surface area (Å²) >= 11 is 0. The molecule has 1 saturated heterocycles. The molecule has 2 aliphatic rings. The SMILES string of the molecule is C#Cc1ccc(N2CC(C)(C)N[C@@H]3CCCC[C@H]32)cc1. The molecule has 1 aliphatic heterocycles. The highest BCUT2D eigenvalue weighted by atomic mass is 15.3. The van der Waals surface area contributed by atoms with E-state index < -0.39 is 0 Å². The van der Waals surface area contributed by atoms with E-state index in [9.17, 15) is 0 Å². The van der Waals surface area contributed by atoms with Crippen molar-refractivity contribution >= 4 is 5.69 Å². The molecule has 106 valence electrons. The summed E-state index contributed by atoms with van der Waals surface area (Å²) in [5.74, 6) is 2.70. The van der Waals surface area contributed by atoms with Crippen LogP contribution in [-0.4, -0.2) is 24.2 Å². The lowest BCUT2D eigenvalue weighted by atomic mass is 9.83. The first-order valence-electron chi connectivity index (χ1n) is 7.70. The Kier molecular flexibility index (Phi) is 3.48. The van der Waals surface area contributed by atoms with Crippen molar-refractivity contribution in [2.45, 2.75) is 57.2 Å². The van der Waals surface area contributed by atoms with Crippen LogP contribution >= 0.6 is 0 Å². The van der Waals surface area contributed by atoms with Crippen LogP contribution in [0.15, 0.2) is 24.3 Å². The Hall–Kier alpha value is -1.46. The Morgan fingerprint density at radius 1 is 1.20 bits per heavy atom. The molecule has 0 aromatic heterocycles. The highest BCUT2D eigenvalue weighted by Gasteiger charge is 2.40. The molecular weight excluding hydrogens is 244 g/mol. The third-order valence-corrected chi connectivity index (χ3v) is 4.64. The van der Waals surface area contributed by atoms with Gasteiger partial charge >= 0.3 is 0 Å². The summed E-state index contributed by atoms with van der Waals surface area (Å²) in [5, 5.41) is 3.84. The van der Waals surface area contributed by atoms with Crippen molar-refractivity contribution < 1.29 is 0 Å². The lowest BCUT2D eigenvalue weighted by molar-refractivity contribution is 0.199. The Balaban J connectivity index is 1.89. The van der Waals surface area contributed by atoms with Gasteiger partial charge in [0.15, 0.2) is 0 Å². The minimum absolute atomic E-state index is 0.170. The Bertz CT molecular complexity index is 509. The monoisotopic (exact) mass is 268 g/mol. The zero-order valence-corrected chi connectivity index (χ0v) is 12.5. The number of hydrogen-bond acceptors (Lipinski definition) is 2. The third kappa shape index (κ3) is 2.55. The van der Waals surface area contributed by atoms with Crippen molar-refractivity contribution in [3.63, 3.8) is 0 Å². The summed E-state index contributed by atoms with van der Waals surface area (Å²) in [7, 11) is 0. The first kappa shape index (κ1) is 13.5. The van der Waals surface area contributed by atoms with Crippen LogP contribution in [0.5, 0.6) is 0 Å². The highest BCUT2D eigenvalue weighted by molar-refractivity contribution is 5.52. The number of nitrogens with one attached hydrogen (secondary N) is 1. The van der Waals surface area contributed by atoms with Crippen LogP contribution in [0.4, 0.5) is 5.69 Å². The number of anilines is 1. The van der Waals surface area contributed by atoms with Crippen LogP contribution in [0.1, 0.15) is 45.1 Å². The van der Waals surface area contributed by atoms with Gasteiger partial charge in [-0.25, -0.2) is 0 Å². The number of nitrogens with zero attached hydrogens (tertiary/aromatic N) is 1. The Morgan fingerprint density at radius 3 is 2.60 bits per heavy atom. The number of benzene rings is 1. The molecule has 0 bridgehead atoms. The molecule has 1 aliphatic carbocycles. The van der Waals surface area contributed by atoms with Crippen molar-refractivity contribution in [3.05, 3.63) is 29.8 Å². The van der Waals surface area contributed by atoms with Gasteiger partial charge in [-0.05, 0) is 51.0 Å². The maximum Gasteiger partial charge on any atom is 0.0444 e. The maximum atomic E-state index is 5.45. The van der Waals surface area contributed by atoms with Gasteiger partial charge < -0.3 is 10.2 Å². The maximum absolute atomic E-state index is 5.45. The third-order valence-electron chi connectivity index (χ3n) is 4.64. The number of piperazine rings is 1. The largest absolute Gasteiger partial charge is 0.365 e. The molecule has 1 heterocycles. The highest BCUT2D eigenvalue weighted by Crippen LogP contribution is 2.33. The summed E-state index contributed by atoms with van der Waals surface area (Å²) in [6.45, 7) is 5.67.